The lowest BCUT2D eigenvalue weighted by atomic mass is 10.1. The maximum Gasteiger partial charge on any atom is 0.298 e. The molecule has 0 aliphatic rings. The molecule has 4 rings (SSSR count). The Balaban J connectivity index is 2.16. The number of nitrogens with two attached hydrogens (primary N) is 1. The van der Waals surface area contributed by atoms with E-state index in [9.17, 15) is 67.2 Å². The topological polar surface area (TPSA) is 329 Å². The quantitative estimate of drug-likeness (QED) is 0.0830. The molecule has 22 heteroatoms. The zero-order chi connectivity index (χ0) is 31.7. The Bertz CT molecular complexity index is 2330. The van der Waals surface area contributed by atoms with Gasteiger partial charge in [-0.2, -0.15) is 33.7 Å². The Labute approximate surface area is 235 Å². The molecule has 9 N–H and O–H groups in total. The Morgan fingerprint density at radius 1 is 0.571 bits per heavy atom. The van der Waals surface area contributed by atoms with Crippen molar-refractivity contribution >= 4 is 79.1 Å². The van der Waals surface area contributed by atoms with E-state index in [1.807, 2.05) is 0 Å². The van der Waals surface area contributed by atoms with E-state index < -0.39 is 116 Å². The minimum absolute atomic E-state index is 0.424. The molecule has 42 heavy (non-hydrogen) atoms. The number of hydrogen-bond donors (Lipinski definition) is 8. The zero-order valence-electron chi connectivity index (χ0n) is 20.0. The maximum atomic E-state index is 12.1. The molecule has 0 unspecified atom stereocenters. The molecule has 0 heterocycles. The normalized spacial score (nSPS) is 13.3. The molecular formula is C20H15N3O15S4. The van der Waals surface area contributed by atoms with Gasteiger partial charge in [-0.1, -0.05) is 0 Å². The Morgan fingerprint density at radius 3 is 1.67 bits per heavy atom. The van der Waals surface area contributed by atoms with Crippen molar-refractivity contribution in [2.75, 3.05) is 5.73 Å². The van der Waals surface area contributed by atoms with Gasteiger partial charge in [-0.3, -0.25) is 18.2 Å². The summed E-state index contributed by atoms with van der Waals surface area (Å²) in [4.78, 5) is -4.50. The third-order valence-corrected chi connectivity index (χ3v) is 9.10. The first kappa shape index (κ1) is 30.8. The summed E-state index contributed by atoms with van der Waals surface area (Å²) in [6.45, 7) is 0. The van der Waals surface area contributed by atoms with E-state index in [2.05, 4.69) is 10.2 Å². The van der Waals surface area contributed by atoms with Crippen molar-refractivity contribution in [1.29, 1.82) is 0 Å². The van der Waals surface area contributed by atoms with Crippen LogP contribution >= 0.6 is 0 Å². The van der Waals surface area contributed by atoms with Gasteiger partial charge in [0.25, 0.3) is 40.5 Å². The highest BCUT2D eigenvalue weighted by Crippen LogP contribution is 2.48. The standard InChI is InChI=1S/C20H15N3O15S4/c21-8-3-10-13(40(30,31)32)6-11(19(25)17(10)14(4-8)41(33,34)35)22-23-18-16-7(2-15(20(18)26)42(36,37)38)1-9(5-12(16)24)39(27,28)29/h1-6,24-26H,21H2,(H,27,28,29)(H,30,31,32)(H,33,34,35)(H,36,37,38). The van der Waals surface area contributed by atoms with Crippen LogP contribution in [0.5, 0.6) is 17.2 Å². The number of hydrogen-bond acceptors (Lipinski definition) is 14. The van der Waals surface area contributed by atoms with Gasteiger partial charge >= 0.3 is 0 Å². The first-order chi connectivity index (χ1) is 19.0. The number of anilines is 1. The predicted molar refractivity (Wildman–Crippen MR) is 141 cm³/mol. The minimum Gasteiger partial charge on any atom is -0.507 e. The van der Waals surface area contributed by atoms with Gasteiger partial charge < -0.3 is 21.1 Å². The van der Waals surface area contributed by atoms with Gasteiger partial charge in [0, 0.05) is 22.5 Å². The lowest BCUT2D eigenvalue weighted by molar-refractivity contribution is 0.443. The summed E-state index contributed by atoms with van der Waals surface area (Å²) in [5, 5.41) is 36.0. The molecule has 224 valence electrons. The van der Waals surface area contributed by atoms with Gasteiger partial charge in [0.15, 0.2) is 11.5 Å². The van der Waals surface area contributed by atoms with Gasteiger partial charge in [0.2, 0.25) is 0 Å². The number of nitrogens with zero attached hydrogens (tertiary/aromatic N) is 2. The van der Waals surface area contributed by atoms with E-state index in [0.29, 0.717) is 30.3 Å². The molecule has 0 bridgehead atoms. The molecule has 0 aliphatic carbocycles. The average molecular weight is 666 g/mol. The number of benzene rings is 4. The van der Waals surface area contributed by atoms with Crippen molar-refractivity contribution in [3.63, 3.8) is 0 Å². The summed E-state index contributed by atoms with van der Waals surface area (Å²) >= 11 is 0. The molecule has 0 saturated heterocycles. The first-order valence-electron chi connectivity index (χ1n) is 10.5. The second-order valence-corrected chi connectivity index (χ2v) is 14.0. The Kier molecular flexibility index (Phi) is 7.11. The average Bonchev–Trinajstić information content (AvgIpc) is 2.81. The molecule has 4 aromatic rings. The van der Waals surface area contributed by atoms with Crippen molar-refractivity contribution in [1.82, 2.24) is 0 Å². The van der Waals surface area contributed by atoms with Crippen LogP contribution in [0.25, 0.3) is 21.5 Å². The van der Waals surface area contributed by atoms with Gasteiger partial charge in [-0.15, -0.1) is 10.2 Å². The van der Waals surface area contributed by atoms with Crippen LogP contribution in [-0.4, -0.2) is 67.2 Å². The molecule has 18 nitrogen and oxygen atoms in total. The van der Waals surface area contributed by atoms with Crippen molar-refractivity contribution in [2.24, 2.45) is 10.2 Å². The van der Waals surface area contributed by atoms with Crippen LogP contribution in [0.4, 0.5) is 17.1 Å². The van der Waals surface area contributed by atoms with Crippen LogP contribution in [0.3, 0.4) is 0 Å². The zero-order valence-corrected chi connectivity index (χ0v) is 23.2. The largest absolute Gasteiger partial charge is 0.507 e. The molecule has 0 spiro atoms. The lowest BCUT2D eigenvalue weighted by Crippen LogP contribution is -2.05. The molecule has 4 aromatic carbocycles. The van der Waals surface area contributed by atoms with Crippen molar-refractivity contribution in [2.45, 2.75) is 19.6 Å². The fourth-order valence-corrected chi connectivity index (χ4v) is 6.55. The number of nitrogen functional groups attached to an aromatic ring is 1. The molecule has 0 atom stereocenters. The Morgan fingerprint density at radius 2 is 1.14 bits per heavy atom. The number of phenolic OH excluding ortho intramolecular Hbond substituents is 3. The smallest absolute Gasteiger partial charge is 0.298 e. The van der Waals surface area contributed by atoms with Crippen LogP contribution in [0.1, 0.15) is 0 Å². The van der Waals surface area contributed by atoms with E-state index >= 15 is 0 Å². The third kappa shape index (κ3) is 5.51. The predicted octanol–water partition coefficient (Wildman–Crippen LogP) is 2.09. The lowest BCUT2D eigenvalue weighted by Gasteiger charge is -2.13. The summed E-state index contributed by atoms with van der Waals surface area (Å²) in [6, 6.07) is 3.49. The first-order valence-corrected chi connectivity index (χ1v) is 16.2. The summed E-state index contributed by atoms with van der Waals surface area (Å²) < 4.78 is 133. The molecule has 0 fully saturated rings. The van der Waals surface area contributed by atoms with Crippen molar-refractivity contribution in [3.05, 3.63) is 36.4 Å². The Hall–Kier alpha value is -4.16. The summed E-state index contributed by atoms with van der Waals surface area (Å²) in [5.41, 5.74) is 3.14. The highest BCUT2D eigenvalue weighted by Gasteiger charge is 2.28. The number of fused-ring (bicyclic) bond motifs is 2. The molecule has 0 aliphatic heterocycles. The molecule has 0 radical (unpaired) electrons. The highest BCUT2D eigenvalue weighted by atomic mass is 32.2. The molecular weight excluding hydrogens is 650 g/mol. The molecule has 0 amide bonds. The van der Waals surface area contributed by atoms with Crippen LogP contribution in [0.15, 0.2) is 66.2 Å². The number of phenols is 3. The van der Waals surface area contributed by atoms with Crippen LogP contribution < -0.4 is 5.73 Å². The fourth-order valence-electron chi connectivity index (χ4n) is 3.95. The van der Waals surface area contributed by atoms with E-state index in [4.69, 9.17) is 5.73 Å². The van der Waals surface area contributed by atoms with E-state index in [1.54, 1.807) is 0 Å². The van der Waals surface area contributed by atoms with Gasteiger partial charge in [-0.25, -0.2) is 0 Å². The number of rotatable bonds is 6. The summed E-state index contributed by atoms with van der Waals surface area (Å²) in [6.07, 6.45) is 0. The molecule has 0 aromatic heterocycles. The van der Waals surface area contributed by atoms with Gasteiger partial charge in [0.05, 0.1) is 10.3 Å². The second kappa shape index (κ2) is 9.70. The van der Waals surface area contributed by atoms with Crippen LogP contribution in [-0.2, 0) is 40.5 Å². The maximum absolute atomic E-state index is 12.1. The third-order valence-electron chi connectivity index (χ3n) is 5.63. The van der Waals surface area contributed by atoms with Gasteiger partial charge in [-0.05, 0) is 35.7 Å². The monoisotopic (exact) mass is 665 g/mol. The second-order valence-electron chi connectivity index (χ2n) is 8.40. The SMILES string of the molecule is Nc1cc(S(=O)(=O)O)c2c(O)c(N=Nc3c(O)c(S(=O)(=O)O)cc4cc(S(=O)(=O)O)cc(O)c34)cc(S(=O)(=O)O)c2c1. The van der Waals surface area contributed by atoms with E-state index in [-0.39, 0.29) is 0 Å². The highest BCUT2D eigenvalue weighted by molar-refractivity contribution is 7.87. The fraction of sp³-hybridized carbons (Fsp3) is 0. The van der Waals surface area contributed by atoms with E-state index in [0.717, 1.165) is 6.07 Å². The van der Waals surface area contributed by atoms with Crippen molar-refractivity contribution < 1.29 is 67.2 Å². The van der Waals surface area contributed by atoms with Crippen LogP contribution in [0.2, 0.25) is 0 Å². The van der Waals surface area contributed by atoms with E-state index in [1.165, 1.54) is 0 Å². The minimum atomic E-state index is -5.29. The van der Waals surface area contributed by atoms with Crippen molar-refractivity contribution in [3.8, 4) is 17.2 Å². The molecule has 0 saturated carbocycles. The summed E-state index contributed by atoms with van der Waals surface area (Å²) in [5.74, 6) is -3.64. The summed E-state index contributed by atoms with van der Waals surface area (Å²) in [7, 11) is -20.8. The van der Waals surface area contributed by atoms with Crippen LogP contribution in [0, 0.1) is 0 Å². The number of aromatic hydroxyl groups is 3. The van der Waals surface area contributed by atoms with Gasteiger partial charge in [0.1, 0.15) is 31.8 Å². The number of azo groups is 1.